The zero-order valence-corrected chi connectivity index (χ0v) is 6.39. The van der Waals surface area contributed by atoms with Crippen molar-refractivity contribution in [2.75, 3.05) is 0 Å². The van der Waals surface area contributed by atoms with E-state index in [2.05, 4.69) is 9.97 Å². The zero-order chi connectivity index (χ0) is 9.42. The second kappa shape index (κ2) is 2.44. The standard InChI is InChI=1S/C7H5N3O3/c11-6-2-4-1-5(10(12)13)3-8-7(4)9-6/h1-3,11H,(H,8,9). The maximum atomic E-state index is 10.3. The molecule has 2 rings (SSSR count). The quantitative estimate of drug-likeness (QED) is 0.507. The molecule has 66 valence electrons. The molecule has 2 heterocycles. The van der Waals surface area contributed by atoms with Crippen molar-refractivity contribution in [2.24, 2.45) is 0 Å². The Bertz CT molecular complexity index is 477. The van der Waals surface area contributed by atoms with Crippen LogP contribution >= 0.6 is 0 Å². The fourth-order valence-corrected chi connectivity index (χ4v) is 1.09. The summed E-state index contributed by atoms with van der Waals surface area (Å²) < 4.78 is 0. The molecule has 2 aromatic heterocycles. The molecule has 2 N–H and O–H groups in total. The predicted molar refractivity (Wildman–Crippen MR) is 44.4 cm³/mol. The lowest BCUT2D eigenvalue weighted by atomic mass is 10.3. The minimum atomic E-state index is -0.531. The van der Waals surface area contributed by atoms with Crippen LogP contribution in [0.2, 0.25) is 0 Å². The Hall–Kier alpha value is -2.11. The summed E-state index contributed by atoms with van der Waals surface area (Å²) in [4.78, 5) is 16.1. The number of hydrogen-bond acceptors (Lipinski definition) is 4. The van der Waals surface area contributed by atoms with E-state index >= 15 is 0 Å². The Labute approximate surface area is 72.0 Å². The molecule has 0 radical (unpaired) electrons. The first kappa shape index (κ1) is 7.53. The molecule has 0 bridgehead atoms. The molecule has 0 aliphatic rings. The third kappa shape index (κ3) is 1.18. The van der Waals surface area contributed by atoms with Crippen LogP contribution in [-0.2, 0) is 0 Å². The van der Waals surface area contributed by atoms with Gasteiger partial charge in [0.05, 0.1) is 4.92 Å². The number of H-pyrrole nitrogens is 1. The number of pyridine rings is 1. The zero-order valence-electron chi connectivity index (χ0n) is 6.39. The monoisotopic (exact) mass is 179 g/mol. The van der Waals surface area contributed by atoms with Crippen LogP contribution in [0.3, 0.4) is 0 Å². The lowest BCUT2D eigenvalue weighted by molar-refractivity contribution is -0.385. The number of fused-ring (bicyclic) bond motifs is 1. The lowest BCUT2D eigenvalue weighted by Crippen LogP contribution is -1.88. The number of rotatable bonds is 1. The average Bonchev–Trinajstić information content (AvgIpc) is 2.42. The second-order valence-corrected chi connectivity index (χ2v) is 2.54. The van der Waals surface area contributed by atoms with Crippen molar-refractivity contribution in [3.05, 3.63) is 28.4 Å². The molecule has 0 unspecified atom stereocenters. The highest BCUT2D eigenvalue weighted by Gasteiger charge is 2.08. The van der Waals surface area contributed by atoms with Gasteiger partial charge in [-0.1, -0.05) is 0 Å². The third-order valence-corrected chi connectivity index (χ3v) is 1.65. The maximum absolute atomic E-state index is 10.3. The van der Waals surface area contributed by atoms with Crippen molar-refractivity contribution >= 4 is 16.7 Å². The summed E-state index contributed by atoms with van der Waals surface area (Å²) in [6.07, 6.45) is 1.14. The van der Waals surface area contributed by atoms with Crippen molar-refractivity contribution in [3.63, 3.8) is 0 Å². The summed E-state index contributed by atoms with van der Waals surface area (Å²) in [5.74, 6) is -0.0528. The largest absolute Gasteiger partial charge is 0.495 e. The van der Waals surface area contributed by atoms with Crippen LogP contribution in [0.5, 0.6) is 5.88 Å². The minimum Gasteiger partial charge on any atom is -0.495 e. The van der Waals surface area contributed by atoms with E-state index in [9.17, 15) is 10.1 Å². The predicted octanol–water partition coefficient (Wildman–Crippen LogP) is 1.18. The first-order chi connectivity index (χ1) is 6.16. The molecule has 0 aliphatic carbocycles. The van der Waals surface area contributed by atoms with Crippen LogP contribution < -0.4 is 0 Å². The summed E-state index contributed by atoms with van der Waals surface area (Å²) in [6, 6.07) is 2.73. The summed E-state index contributed by atoms with van der Waals surface area (Å²) in [7, 11) is 0. The summed E-state index contributed by atoms with van der Waals surface area (Å²) >= 11 is 0. The third-order valence-electron chi connectivity index (χ3n) is 1.65. The van der Waals surface area contributed by atoms with Crippen LogP contribution in [0.1, 0.15) is 0 Å². The van der Waals surface area contributed by atoms with Crippen LogP contribution in [-0.4, -0.2) is 20.0 Å². The smallest absolute Gasteiger partial charge is 0.288 e. The van der Waals surface area contributed by atoms with Gasteiger partial charge < -0.3 is 10.1 Å². The molecule has 6 nitrogen and oxygen atoms in total. The van der Waals surface area contributed by atoms with Crippen molar-refractivity contribution in [1.82, 2.24) is 9.97 Å². The van der Waals surface area contributed by atoms with Gasteiger partial charge in [0.25, 0.3) is 5.69 Å². The van der Waals surface area contributed by atoms with Gasteiger partial charge in [0.15, 0.2) is 5.88 Å². The molecule has 0 fully saturated rings. The van der Waals surface area contributed by atoms with Gasteiger partial charge in [-0.15, -0.1) is 0 Å². The van der Waals surface area contributed by atoms with Gasteiger partial charge in [-0.25, -0.2) is 4.98 Å². The number of nitrogens with one attached hydrogen (secondary N) is 1. The van der Waals surface area contributed by atoms with Crippen molar-refractivity contribution < 1.29 is 10.0 Å². The van der Waals surface area contributed by atoms with Crippen molar-refractivity contribution in [2.45, 2.75) is 0 Å². The molecule has 0 aromatic carbocycles. The Morgan fingerprint density at radius 2 is 2.31 bits per heavy atom. The highest BCUT2D eigenvalue weighted by atomic mass is 16.6. The summed E-state index contributed by atoms with van der Waals surface area (Å²) in [6.45, 7) is 0. The molecular formula is C7H5N3O3. The maximum Gasteiger partial charge on any atom is 0.288 e. The van der Waals surface area contributed by atoms with Gasteiger partial charge in [0, 0.05) is 17.5 Å². The van der Waals surface area contributed by atoms with E-state index < -0.39 is 4.92 Å². The molecule has 0 saturated carbocycles. The Morgan fingerprint density at radius 3 is 3.00 bits per heavy atom. The van der Waals surface area contributed by atoms with Gasteiger partial charge in [-0.05, 0) is 0 Å². The molecule has 0 atom stereocenters. The molecule has 0 spiro atoms. The molecule has 0 aliphatic heterocycles. The number of nitro groups is 1. The average molecular weight is 179 g/mol. The topological polar surface area (TPSA) is 92.0 Å². The van der Waals surface area contributed by atoms with E-state index in [0.29, 0.717) is 11.0 Å². The molecule has 13 heavy (non-hydrogen) atoms. The lowest BCUT2D eigenvalue weighted by Gasteiger charge is -1.89. The molecule has 2 aromatic rings. The van der Waals surface area contributed by atoms with Gasteiger partial charge in [-0.3, -0.25) is 10.1 Å². The molecule has 6 heteroatoms. The Balaban J connectivity index is 2.67. The van der Waals surface area contributed by atoms with Crippen LogP contribution in [0, 0.1) is 10.1 Å². The van der Waals surface area contributed by atoms with E-state index in [1.165, 1.54) is 12.1 Å². The van der Waals surface area contributed by atoms with E-state index in [-0.39, 0.29) is 11.6 Å². The first-order valence-electron chi connectivity index (χ1n) is 3.49. The first-order valence-corrected chi connectivity index (χ1v) is 3.49. The number of aromatic amines is 1. The normalized spacial score (nSPS) is 10.5. The SMILES string of the molecule is O=[N+]([O-])c1cnc2[nH]c(O)cc2c1. The highest BCUT2D eigenvalue weighted by Crippen LogP contribution is 2.21. The van der Waals surface area contributed by atoms with Gasteiger partial charge in [-0.2, -0.15) is 0 Å². The van der Waals surface area contributed by atoms with Gasteiger partial charge in [0.1, 0.15) is 11.8 Å². The molecule has 0 saturated heterocycles. The fourth-order valence-electron chi connectivity index (χ4n) is 1.09. The summed E-state index contributed by atoms with van der Waals surface area (Å²) in [5.41, 5.74) is 0.342. The molecule has 0 amide bonds. The minimum absolute atomic E-state index is 0.0528. The van der Waals surface area contributed by atoms with E-state index in [1.807, 2.05) is 0 Å². The van der Waals surface area contributed by atoms with E-state index in [1.54, 1.807) is 0 Å². The summed E-state index contributed by atoms with van der Waals surface area (Å²) in [5, 5.41) is 19.9. The second-order valence-electron chi connectivity index (χ2n) is 2.54. The van der Waals surface area contributed by atoms with Gasteiger partial charge >= 0.3 is 0 Å². The highest BCUT2D eigenvalue weighted by molar-refractivity contribution is 5.79. The molecular weight excluding hydrogens is 174 g/mol. The van der Waals surface area contributed by atoms with E-state index in [0.717, 1.165) is 6.20 Å². The Morgan fingerprint density at radius 1 is 1.54 bits per heavy atom. The fraction of sp³-hybridized carbons (Fsp3) is 0. The van der Waals surface area contributed by atoms with Crippen LogP contribution in [0.15, 0.2) is 18.3 Å². The van der Waals surface area contributed by atoms with Crippen molar-refractivity contribution in [1.29, 1.82) is 0 Å². The van der Waals surface area contributed by atoms with Crippen LogP contribution in [0.4, 0.5) is 5.69 Å². The number of aromatic nitrogens is 2. The number of aromatic hydroxyl groups is 1. The Kier molecular flexibility index (Phi) is 1.42. The van der Waals surface area contributed by atoms with Crippen molar-refractivity contribution in [3.8, 4) is 5.88 Å². The number of hydrogen-bond donors (Lipinski definition) is 2. The van der Waals surface area contributed by atoms with Gasteiger partial charge in [0.2, 0.25) is 0 Å². The van der Waals surface area contributed by atoms with Crippen LogP contribution in [0.25, 0.3) is 11.0 Å². The number of nitrogens with zero attached hydrogens (tertiary/aromatic N) is 2. The van der Waals surface area contributed by atoms with E-state index in [4.69, 9.17) is 5.11 Å².